The summed E-state index contributed by atoms with van der Waals surface area (Å²) in [6.45, 7) is 0.471. The molecule has 2 aromatic rings. The van der Waals surface area contributed by atoms with Gasteiger partial charge < -0.3 is 10.2 Å². The molecule has 0 fully saturated rings. The third-order valence-corrected chi connectivity index (χ3v) is 5.47. The molecule has 0 saturated carbocycles. The van der Waals surface area contributed by atoms with E-state index in [1.807, 2.05) is 36.5 Å². The smallest absolute Gasteiger partial charge is 0.317 e. The van der Waals surface area contributed by atoms with Gasteiger partial charge >= 0.3 is 6.03 Å². The average Bonchev–Trinajstić information content (AvgIpc) is 3.09. The second-order valence-electron chi connectivity index (χ2n) is 5.81. The van der Waals surface area contributed by atoms with Gasteiger partial charge in [0.2, 0.25) is 10.0 Å². The van der Waals surface area contributed by atoms with Crippen molar-refractivity contribution in [3.63, 3.8) is 0 Å². The first-order chi connectivity index (χ1) is 11.8. The van der Waals surface area contributed by atoms with Gasteiger partial charge in [0.15, 0.2) is 0 Å². The number of urea groups is 1. The molecule has 0 aliphatic rings. The number of hydrogen-bond acceptors (Lipinski definition) is 4. The Morgan fingerprint density at radius 3 is 2.64 bits per heavy atom. The zero-order chi connectivity index (χ0) is 18.4. The Morgan fingerprint density at radius 2 is 2.00 bits per heavy atom. The number of aromatic nitrogens is 2. The molecule has 136 valence electrons. The number of amides is 2. The van der Waals surface area contributed by atoms with Crippen molar-refractivity contribution in [1.29, 1.82) is 0 Å². The molecule has 1 heterocycles. The van der Waals surface area contributed by atoms with E-state index in [0.717, 1.165) is 15.6 Å². The van der Waals surface area contributed by atoms with Crippen molar-refractivity contribution in [2.75, 3.05) is 33.4 Å². The van der Waals surface area contributed by atoms with Gasteiger partial charge in [0, 0.05) is 46.6 Å². The minimum Gasteiger partial charge on any atom is -0.337 e. The lowest BCUT2D eigenvalue weighted by Crippen LogP contribution is -2.40. The molecule has 2 amide bonds. The molecule has 9 heteroatoms. The Bertz CT molecular complexity index is 803. The first-order valence-corrected chi connectivity index (χ1v) is 9.38. The van der Waals surface area contributed by atoms with Crippen LogP contribution in [0.4, 0.5) is 4.79 Å². The number of nitrogens with one attached hydrogen (secondary N) is 1. The number of carbonyl (C=O) groups is 1. The van der Waals surface area contributed by atoms with Crippen LogP contribution in [0.2, 0.25) is 0 Å². The number of carbonyl (C=O) groups excluding carboxylic acids is 1. The Morgan fingerprint density at radius 1 is 1.24 bits per heavy atom. The van der Waals surface area contributed by atoms with Crippen molar-refractivity contribution < 1.29 is 13.2 Å². The fourth-order valence-electron chi connectivity index (χ4n) is 2.17. The van der Waals surface area contributed by atoms with Crippen LogP contribution in [0.3, 0.4) is 0 Å². The van der Waals surface area contributed by atoms with Crippen LogP contribution < -0.4 is 5.32 Å². The molecule has 8 nitrogen and oxygen atoms in total. The number of rotatable bonds is 7. The summed E-state index contributed by atoms with van der Waals surface area (Å²) in [4.78, 5) is 13.6. The van der Waals surface area contributed by atoms with Gasteiger partial charge in [0.05, 0.1) is 11.4 Å². The molecule has 0 spiro atoms. The molecule has 1 N–H and O–H groups in total. The predicted molar refractivity (Wildman–Crippen MR) is 95.9 cm³/mol. The van der Waals surface area contributed by atoms with E-state index in [1.54, 1.807) is 17.9 Å². The molecule has 2 rings (SSSR count). The Labute approximate surface area is 148 Å². The highest BCUT2D eigenvalue weighted by molar-refractivity contribution is 7.89. The van der Waals surface area contributed by atoms with Crippen molar-refractivity contribution in [1.82, 2.24) is 24.3 Å². The largest absolute Gasteiger partial charge is 0.337 e. The highest BCUT2D eigenvalue weighted by atomic mass is 32.2. The molecule has 0 bridgehead atoms. The first kappa shape index (κ1) is 18.9. The topological polar surface area (TPSA) is 87.5 Å². The van der Waals surface area contributed by atoms with E-state index in [9.17, 15) is 13.2 Å². The zero-order valence-electron chi connectivity index (χ0n) is 14.6. The van der Waals surface area contributed by atoms with Crippen LogP contribution in [0, 0.1) is 0 Å². The molecule has 0 aliphatic heterocycles. The van der Waals surface area contributed by atoms with Crippen LogP contribution >= 0.6 is 0 Å². The minimum absolute atomic E-state index is 0.0665. The van der Waals surface area contributed by atoms with Crippen molar-refractivity contribution in [2.24, 2.45) is 0 Å². The summed E-state index contributed by atoms with van der Waals surface area (Å²) < 4.78 is 26.2. The summed E-state index contributed by atoms with van der Waals surface area (Å²) in [6, 6.07) is 9.23. The second kappa shape index (κ2) is 8.13. The summed E-state index contributed by atoms with van der Waals surface area (Å²) >= 11 is 0. The maximum Gasteiger partial charge on any atom is 0.317 e. The molecule has 25 heavy (non-hydrogen) atoms. The third kappa shape index (κ3) is 5.30. The molecular formula is C16H23N5O3S. The highest BCUT2D eigenvalue weighted by Crippen LogP contribution is 2.11. The van der Waals surface area contributed by atoms with Crippen LogP contribution in [0.5, 0.6) is 0 Å². The Kier molecular flexibility index (Phi) is 6.16. The molecule has 0 radical (unpaired) electrons. The normalized spacial score (nSPS) is 11.5. The van der Waals surface area contributed by atoms with Crippen molar-refractivity contribution in [2.45, 2.75) is 6.54 Å². The Balaban J connectivity index is 1.90. The van der Waals surface area contributed by atoms with Gasteiger partial charge in [-0.15, -0.1) is 0 Å². The fraction of sp³-hybridized carbons (Fsp3) is 0.375. The van der Waals surface area contributed by atoms with Crippen molar-refractivity contribution >= 4 is 16.1 Å². The lowest BCUT2D eigenvalue weighted by Gasteiger charge is -2.19. The standard InChI is InChI=1S/C16H23N5O3S/c1-19(2)25(23,24)11-9-17-16(22)20(3)13-14-6-4-7-15(12-14)21-10-5-8-18-21/h4-8,10,12H,9,11,13H2,1-3H3,(H,17,22). The van der Waals surface area contributed by atoms with Crippen LogP contribution in [0.25, 0.3) is 5.69 Å². The summed E-state index contributed by atoms with van der Waals surface area (Å²) in [5.41, 5.74) is 1.86. The summed E-state index contributed by atoms with van der Waals surface area (Å²) in [7, 11) is 1.28. The van der Waals surface area contributed by atoms with E-state index in [0.29, 0.717) is 6.54 Å². The summed E-state index contributed by atoms with van der Waals surface area (Å²) in [6.07, 6.45) is 3.55. The van der Waals surface area contributed by atoms with Crippen LogP contribution in [0.15, 0.2) is 42.7 Å². The van der Waals surface area contributed by atoms with E-state index in [-0.39, 0.29) is 18.3 Å². The van der Waals surface area contributed by atoms with E-state index in [4.69, 9.17) is 0 Å². The highest BCUT2D eigenvalue weighted by Gasteiger charge is 2.15. The van der Waals surface area contributed by atoms with Gasteiger partial charge in [-0.3, -0.25) is 0 Å². The number of hydrogen-bond donors (Lipinski definition) is 1. The van der Waals surface area contributed by atoms with Crippen LogP contribution in [-0.4, -0.2) is 66.9 Å². The molecule has 0 saturated heterocycles. The average molecular weight is 365 g/mol. The van der Waals surface area contributed by atoms with Crippen LogP contribution in [-0.2, 0) is 16.6 Å². The summed E-state index contributed by atoms with van der Waals surface area (Å²) in [5.74, 6) is -0.131. The number of sulfonamides is 1. The van der Waals surface area contributed by atoms with E-state index in [2.05, 4.69) is 10.4 Å². The molecule has 1 aromatic carbocycles. The molecule has 0 aliphatic carbocycles. The SMILES string of the molecule is CN(Cc1cccc(-n2cccn2)c1)C(=O)NCCS(=O)(=O)N(C)C. The molecule has 1 aromatic heterocycles. The Hall–Kier alpha value is -2.39. The fourth-order valence-corrected chi connectivity index (χ4v) is 2.89. The van der Waals surface area contributed by atoms with E-state index < -0.39 is 10.0 Å². The molecular weight excluding hydrogens is 342 g/mol. The first-order valence-electron chi connectivity index (χ1n) is 7.78. The van der Waals surface area contributed by atoms with Gasteiger partial charge in [0.1, 0.15) is 0 Å². The summed E-state index contributed by atoms with van der Waals surface area (Å²) in [5, 5.41) is 6.80. The van der Waals surface area contributed by atoms with E-state index in [1.165, 1.54) is 19.0 Å². The van der Waals surface area contributed by atoms with Crippen molar-refractivity contribution in [3.8, 4) is 5.69 Å². The van der Waals surface area contributed by atoms with Gasteiger partial charge in [0.25, 0.3) is 0 Å². The third-order valence-electron chi connectivity index (χ3n) is 3.64. The zero-order valence-corrected chi connectivity index (χ0v) is 15.4. The van der Waals surface area contributed by atoms with Gasteiger partial charge in [-0.1, -0.05) is 12.1 Å². The number of nitrogens with zero attached hydrogens (tertiary/aromatic N) is 4. The molecule has 0 unspecified atom stereocenters. The maximum atomic E-state index is 12.1. The van der Waals surface area contributed by atoms with Gasteiger partial charge in [-0.25, -0.2) is 22.2 Å². The van der Waals surface area contributed by atoms with E-state index >= 15 is 0 Å². The van der Waals surface area contributed by atoms with Crippen molar-refractivity contribution in [3.05, 3.63) is 48.3 Å². The van der Waals surface area contributed by atoms with Gasteiger partial charge in [-0.05, 0) is 23.8 Å². The maximum absolute atomic E-state index is 12.1. The minimum atomic E-state index is -3.32. The second-order valence-corrected chi connectivity index (χ2v) is 8.11. The monoisotopic (exact) mass is 365 g/mol. The predicted octanol–water partition coefficient (Wildman–Crippen LogP) is 0.905. The quantitative estimate of drug-likeness (QED) is 0.790. The number of benzene rings is 1. The molecule has 0 atom stereocenters. The lowest BCUT2D eigenvalue weighted by molar-refractivity contribution is 0.207. The van der Waals surface area contributed by atoms with Crippen LogP contribution in [0.1, 0.15) is 5.56 Å². The lowest BCUT2D eigenvalue weighted by atomic mass is 10.2. The van der Waals surface area contributed by atoms with Gasteiger partial charge in [-0.2, -0.15) is 5.10 Å².